The summed E-state index contributed by atoms with van der Waals surface area (Å²) in [7, 11) is 0. The quantitative estimate of drug-likeness (QED) is 0.283. The van der Waals surface area contributed by atoms with E-state index in [1.54, 1.807) is 48.5 Å². The van der Waals surface area contributed by atoms with Gasteiger partial charge in [-0.25, -0.2) is 20.2 Å². The Hall–Kier alpha value is -4.27. The van der Waals surface area contributed by atoms with Crippen LogP contribution in [-0.2, 0) is 11.4 Å². The van der Waals surface area contributed by atoms with Crippen molar-refractivity contribution in [2.45, 2.75) is 6.61 Å². The Labute approximate surface area is 184 Å². The van der Waals surface area contributed by atoms with Gasteiger partial charge in [-0.1, -0.05) is 60.7 Å². The van der Waals surface area contributed by atoms with Crippen molar-refractivity contribution in [2.24, 2.45) is 5.84 Å². The number of nitrogens with zero attached hydrogens (tertiary/aromatic N) is 3. The molecule has 0 radical (unpaired) electrons. The van der Waals surface area contributed by atoms with Crippen LogP contribution in [0.15, 0.2) is 97.5 Å². The van der Waals surface area contributed by atoms with Gasteiger partial charge in [-0.3, -0.25) is 9.63 Å². The fourth-order valence-electron chi connectivity index (χ4n) is 2.93. The van der Waals surface area contributed by atoms with Crippen molar-refractivity contribution in [3.63, 3.8) is 0 Å². The first kappa shape index (κ1) is 21.0. The minimum atomic E-state index is -0.593. The number of carbonyl (C=O) groups excluding carboxylic acids is 2. The van der Waals surface area contributed by atoms with Gasteiger partial charge in [-0.15, -0.1) is 5.17 Å². The molecule has 160 valence electrons. The predicted molar refractivity (Wildman–Crippen MR) is 117 cm³/mol. The second-order valence-corrected chi connectivity index (χ2v) is 6.82. The number of amides is 1. The molecule has 0 saturated heterocycles. The first-order chi connectivity index (χ1) is 15.6. The topological polar surface area (TPSA) is 99.7 Å². The highest BCUT2D eigenvalue weighted by molar-refractivity contribution is 5.94. The summed E-state index contributed by atoms with van der Waals surface area (Å²) in [5, 5.41) is 0.710. The standard InChI is InChI=1S/C24H20N4O4/c25-28(31-16-18-8-3-1-4-9-18)23(29)20-11-7-10-19(14-20)22-15-27(17-26-22)24(30)32-21-12-5-2-6-13-21/h1-15,17H,16,25H2. The molecule has 0 spiro atoms. The Bertz CT molecular complexity index is 1210. The van der Waals surface area contributed by atoms with E-state index in [0.29, 0.717) is 27.7 Å². The summed E-state index contributed by atoms with van der Waals surface area (Å²) in [6.07, 6.45) is 2.29. The van der Waals surface area contributed by atoms with Crippen molar-refractivity contribution in [3.05, 3.63) is 109 Å². The summed E-state index contributed by atoms with van der Waals surface area (Å²) in [6, 6.07) is 24.9. The van der Waals surface area contributed by atoms with E-state index in [-0.39, 0.29) is 6.61 Å². The molecule has 4 rings (SSSR count). The number of hydrazine groups is 1. The summed E-state index contributed by atoms with van der Waals surface area (Å²) >= 11 is 0. The van der Waals surface area contributed by atoms with Crippen LogP contribution in [0, 0.1) is 0 Å². The monoisotopic (exact) mass is 428 g/mol. The Morgan fingerprint density at radius 3 is 2.41 bits per heavy atom. The lowest BCUT2D eigenvalue weighted by atomic mass is 10.1. The number of imidazole rings is 1. The van der Waals surface area contributed by atoms with Crippen LogP contribution in [0.4, 0.5) is 4.79 Å². The number of para-hydroxylation sites is 1. The zero-order chi connectivity index (χ0) is 22.3. The smallest absolute Gasteiger partial charge is 0.410 e. The zero-order valence-electron chi connectivity index (χ0n) is 17.0. The van der Waals surface area contributed by atoms with E-state index >= 15 is 0 Å². The minimum absolute atomic E-state index is 0.163. The third kappa shape index (κ3) is 5.07. The highest BCUT2D eigenvalue weighted by Gasteiger charge is 2.16. The van der Waals surface area contributed by atoms with E-state index in [9.17, 15) is 9.59 Å². The number of hydrogen-bond acceptors (Lipinski definition) is 6. The van der Waals surface area contributed by atoms with Crippen LogP contribution in [0.5, 0.6) is 5.75 Å². The van der Waals surface area contributed by atoms with E-state index in [1.165, 1.54) is 17.1 Å². The van der Waals surface area contributed by atoms with Gasteiger partial charge in [0.2, 0.25) is 0 Å². The van der Waals surface area contributed by atoms with Crippen molar-refractivity contribution in [2.75, 3.05) is 0 Å². The average molecular weight is 428 g/mol. The largest absolute Gasteiger partial charge is 0.424 e. The highest BCUT2D eigenvalue weighted by Crippen LogP contribution is 2.20. The molecule has 3 aromatic carbocycles. The van der Waals surface area contributed by atoms with Gasteiger partial charge in [0.25, 0.3) is 5.91 Å². The number of hydrogen-bond donors (Lipinski definition) is 1. The van der Waals surface area contributed by atoms with Crippen LogP contribution in [0.1, 0.15) is 15.9 Å². The number of hydroxylamine groups is 1. The SMILES string of the molecule is NN(OCc1ccccc1)C(=O)c1cccc(-c2cn(C(=O)Oc3ccccc3)cn2)c1. The van der Waals surface area contributed by atoms with Gasteiger partial charge in [0, 0.05) is 17.3 Å². The molecule has 1 aromatic heterocycles. The molecule has 1 amide bonds. The summed E-state index contributed by atoms with van der Waals surface area (Å²) < 4.78 is 6.53. The molecule has 8 nitrogen and oxygen atoms in total. The van der Waals surface area contributed by atoms with Crippen molar-refractivity contribution in [3.8, 4) is 17.0 Å². The Morgan fingerprint density at radius 2 is 1.66 bits per heavy atom. The molecule has 2 N–H and O–H groups in total. The molecule has 1 heterocycles. The third-order valence-electron chi connectivity index (χ3n) is 4.56. The van der Waals surface area contributed by atoms with Gasteiger partial charge in [-0.05, 0) is 29.8 Å². The zero-order valence-corrected chi connectivity index (χ0v) is 17.0. The molecule has 0 unspecified atom stereocenters. The van der Waals surface area contributed by atoms with Crippen LogP contribution < -0.4 is 10.6 Å². The number of benzene rings is 3. The summed E-state index contributed by atoms with van der Waals surface area (Å²) in [5.74, 6) is 5.70. The maximum Gasteiger partial charge on any atom is 0.424 e. The normalized spacial score (nSPS) is 10.5. The Kier molecular flexibility index (Phi) is 6.35. The second kappa shape index (κ2) is 9.69. The molecule has 0 bridgehead atoms. The predicted octanol–water partition coefficient (Wildman–Crippen LogP) is 4.04. The molecule has 32 heavy (non-hydrogen) atoms. The highest BCUT2D eigenvalue weighted by atomic mass is 16.7. The lowest BCUT2D eigenvalue weighted by molar-refractivity contribution is -0.135. The van der Waals surface area contributed by atoms with Gasteiger partial charge in [0.15, 0.2) is 0 Å². The Balaban J connectivity index is 1.43. The van der Waals surface area contributed by atoms with Crippen molar-refractivity contribution in [1.29, 1.82) is 0 Å². The van der Waals surface area contributed by atoms with Crippen molar-refractivity contribution in [1.82, 2.24) is 14.7 Å². The number of aromatic nitrogens is 2. The van der Waals surface area contributed by atoms with E-state index < -0.39 is 12.0 Å². The molecular weight excluding hydrogens is 408 g/mol. The van der Waals surface area contributed by atoms with Crippen LogP contribution in [-0.4, -0.2) is 26.7 Å². The second-order valence-electron chi connectivity index (χ2n) is 6.82. The van der Waals surface area contributed by atoms with Gasteiger partial charge in [0.1, 0.15) is 18.7 Å². The average Bonchev–Trinajstić information content (AvgIpc) is 3.34. The van der Waals surface area contributed by atoms with Gasteiger partial charge < -0.3 is 4.74 Å². The molecular formula is C24H20N4O4. The lowest BCUT2D eigenvalue weighted by Gasteiger charge is -2.16. The van der Waals surface area contributed by atoms with Crippen LogP contribution >= 0.6 is 0 Å². The molecule has 4 aromatic rings. The van der Waals surface area contributed by atoms with Crippen molar-refractivity contribution < 1.29 is 19.2 Å². The maximum absolute atomic E-state index is 12.6. The molecule has 0 fully saturated rings. The fraction of sp³-hybridized carbons (Fsp3) is 0.0417. The van der Waals surface area contributed by atoms with E-state index in [4.69, 9.17) is 15.4 Å². The van der Waals surface area contributed by atoms with Gasteiger partial charge in [0.05, 0.1) is 5.69 Å². The lowest BCUT2D eigenvalue weighted by Crippen LogP contribution is -2.37. The van der Waals surface area contributed by atoms with Gasteiger partial charge in [-0.2, -0.15) is 0 Å². The van der Waals surface area contributed by atoms with Crippen LogP contribution in [0.2, 0.25) is 0 Å². The summed E-state index contributed by atoms with van der Waals surface area (Å²) in [5.41, 5.74) is 2.34. The minimum Gasteiger partial charge on any atom is -0.410 e. The number of rotatable bonds is 6. The van der Waals surface area contributed by atoms with Crippen LogP contribution in [0.3, 0.4) is 0 Å². The van der Waals surface area contributed by atoms with E-state index in [1.807, 2.05) is 36.4 Å². The van der Waals surface area contributed by atoms with E-state index in [0.717, 1.165) is 5.56 Å². The first-order valence-electron chi connectivity index (χ1n) is 9.78. The number of nitrogens with two attached hydrogens (primary N) is 1. The maximum atomic E-state index is 12.6. The Morgan fingerprint density at radius 1 is 0.938 bits per heavy atom. The molecule has 0 atom stereocenters. The van der Waals surface area contributed by atoms with Crippen LogP contribution in [0.25, 0.3) is 11.3 Å². The third-order valence-corrected chi connectivity index (χ3v) is 4.56. The summed E-state index contributed by atoms with van der Waals surface area (Å²) in [6.45, 7) is 0.163. The molecule has 0 aliphatic heterocycles. The van der Waals surface area contributed by atoms with E-state index in [2.05, 4.69) is 4.98 Å². The van der Waals surface area contributed by atoms with Gasteiger partial charge >= 0.3 is 6.09 Å². The van der Waals surface area contributed by atoms with Crippen molar-refractivity contribution >= 4 is 12.0 Å². The molecule has 0 saturated carbocycles. The summed E-state index contributed by atoms with van der Waals surface area (Å²) in [4.78, 5) is 34.6. The number of carbonyl (C=O) groups is 2. The fourth-order valence-corrected chi connectivity index (χ4v) is 2.93. The molecule has 0 aliphatic carbocycles. The number of ether oxygens (including phenoxy) is 1. The molecule has 0 aliphatic rings. The first-order valence-corrected chi connectivity index (χ1v) is 9.78. The molecule has 8 heteroatoms.